The lowest BCUT2D eigenvalue weighted by Gasteiger charge is -2.39. The van der Waals surface area contributed by atoms with Crippen LogP contribution in [0.5, 0.6) is 0 Å². The van der Waals surface area contributed by atoms with Crippen molar-refractivity contribution in [1.82, 2.24) is 9.88 Å². The molecule has 2 aliphatic heterocycles. The summed E-state index contributed by atoms with van der Waals surface area (Å²) in [6.45, 7) is 1.51. The molecule has 2 saturated heterocycles. The number of nitrogens with zero attached hydrogens (tertiary/aromatic N) is 2. The number of aliphatic hydroxyl groups is 1. The largest absolute Gasteiger partial charge is 0.387 e. The highest BCUT2D eigenvalue weighted by molar-refractivity contribution is 5.77. The Labute approximate surface area is 124 Å². The van der Waals surface area contributed by atoms with Crippen molar-refractivity contribution in [2.45, 2.75) is 30.9 Å². The summed E-state index contributed by atoms with van der Waals surface area (Å²) in [6.07, 6.45) is 6.31. The van der Waals surface area contributed by atoms with Crippen LogP contribution in [0.3, 0.4) is 0 Å². The van der Waals surface area contributed by atoms with Gasteiger partial charge < -0.3 is 20.1 Å². The number of carbonyl (C=O) groups is 1. The van der Waals surface area contributed by atoms with Crippen molar-refractivity contribution in [3.05, 3.63) is 24.5 Å². The van der Waals surface area contributed by atoms with E-state index >= 15 is 0 Å². The Morgan fingerprint density at radius 3 is 3.29 bits per heavy atom. The maximum absolute atomic E-state index is 11.7. The number of ether oxygens (including phenoxy) is 1. The van der Waals surface area contributed by atoms with Crippen molar-refractivity contribution >= 4 is 11.6 Å². The van der Waals surface area contributed by atoms with E-state index in [2.05, 4.69) is 10.3 Å². The van der Waals surface area contributed by atoms with Gasteiger partial charge in [0.1, 0.15) is 6.61 Å². The van der Waals surface area contributed by atoms with E-state index in [0.717, 1.165) is 24.9 Å². The van der Waals surface area contributed by atoms with E-state index in [1.165, 1.54) is 0 Å². The maximum Gasteiger partial charge on any atom is 0.248 e. The highest BCUT2D eigenvalue weighted by Gasteiger charge is 2.44. The van der Waals surface area contributed by atoms with Crippen molar-refractivity contribution in [2.75, 3.05) is 31.6 Å². The Morgan fingerprint density at radius 1 is 1.62 bits per heavy atom. The molecular formula is C15H21N3O3. The van der Waals surface area contributed by atoms with Crippen molar-refractivity contribution in [3.63, 3.8) is 0 Å². The summed E-state index contributed by atoms with van der Waals surface area (Å²) in [5.74, 6) is -0.207. The lowest BCUT2D eigenvalue weighted by molar-refractivity contribution is -0.142. The van der Waals surface area contributed by atoms with Crippen LogP contribution < -0.4 is 5.32 Å². The standard InChI is InChI=1S/C15H21N3O3/c19-9-14(20)18-6-2-4-15(11-18)7-13(10-21-15)17-12-3-1-5-16-8-12/h1,3,5,8,13,17,19H,2,4,6-7,9-11H2/t13-,15+/m1/s1. The molecule has 6 nitrogen and oxygen atoms in total. The summed E-state index contributed by atoms with van der Waals surface area (Å²) in [7, 11) is 0. The van der Waals surface area contributed by atoms with Gasteiger partial charge in [0.25, 0.3) is 0 Å². The lowest BCUT2D eigenvalue weighted by Crippen LogP contribution is -2.51. The first-order chi connectivity index (χ1) is 10.2. The summed E-state index contributed by atoms with van der Waals surface area (Å²) >= 11 is 0. The summed E-state index contributed by atoms with van der Waals surface area (Å²) in [5.41, 5.74) is 0.727. The third kappa shape index (κ3) is 3.16. The Hall–Kier alpha value is -1.66. The molecule has 1 aromatic rings. The fourth-order valence-corrected chi connectivity index (χ4v) is 3.32. The van der Waals surface area contributed by atoms with Gasteiger partial charge in [-0.15, -0.1) is 0 Å². The van der Waals surface area contributed by atoms with Crippen LogP contribution in [0.1, 0.15) is 19.3 Å². The quantitative estimate of drug-likeness (QED) is 0.854. The molecule has 1 aromatic heterocycles. The van der Waals surface area contributed by atoms with E-state index in [1.807, 2.05) is 12.1 Å². The van der Waals surface area contributed by atoms with E-state index in [-0.39, 0.29) is 17.6 Å². The lowest BCUT2D eigenvalue weighted by atomic mass is 9.88. The van der Waals surface area contributed by atoms with Crippen molar-refractivity contribution in [3.8, 4) is 0 Å². The minimum Gasteiger partial charge on any atom is -0.387 e. The van der Waals surface area contributed by atoms with Crippen LogP contribution in [0.25, 0.3) is 0 Å². The minimum atomic E-state index is -0.423. The molecule has 0 saturated carbocycles. The second kappa shape index (κ2) is 5.99. The molecule has 0 aromatic carbocycles. The minimum absolute atomic E-state index is 0.207. The molecule has 2 aliphatic rings. The highest BCUT2D eigenvalue weighted by Crippen LogP contribution is 2.35. The Morgan fingerprint density at radius 2 is 2.52 bits per heavy atom. The second-order valence-corrected chi connectivity index (χ2v) is 5.86. The number of aliphatic hydroxyl groups excluding tert-OH is 1. The first kappa shape index (κ1) is 14.3. The predicted molar refractivity (Wildman–Crippen MR) is 77.8 cm³/mol. The number of rotatable bonds is 3. The number of aromatic nitrogens is 1. The van der Waals surface area contributed by atoms with Crippen molar-refractivity contribution in [1.29, 1.82) is 0 Å². The van der Waals surface area contributed by atoms with Crippen LogP contribution in [-0.4, -0.2) is 58.8 Å². The van der Waals surface area contributed by atoms with Gasteiger partial charge in [-0.3, -0.25) is 9.78 Å². The van der Waals surface area contributed by atoms with Gasteiger partial charge in [-0.1, -0.05) is 0 Å². The second-order valence-electron chi connectivity index (χ2n) is 5.86. The molecule has 0 aliphatic carbocycles. The number of anilines is 1. The fraction of sp³-hybridized carbons (Fsp3) is 0.600. The van der Waals surface area contributed by atoms with Gasteiger partial charge in [0.15, 0.2) is 0 Å². The topological polar surface area (TPSA) is 74.7 Å². The van der Waals surface area contributed by atoms with Gasteiger partial charge in [0.2, 0.25) is 5.91 Å². The summed E-state index contributed by atoms with van der Waals surface area (Å²) in [5, 5.41) is 12.4. The average molecular weight is 291 g/mol. The molecule has 3 heterocycles. The van der Waals surface area contributed by atoms with Crippen molar-refractivity contribution in [2.24, 2.45) is 0 Å². The number of nitrogens with one attached hydrogen (secondary N) is 1. The number of piperidine rings is 1. The Bertz CT molecular complexity index is 496. The SMILES string of the molecule is O=C(CO)N1CCC[C@]2(C[C@@H](Nc3cccnc3)CO2)C1. The van der Waals surface area contributed by atoms with E-state index in [0.29, 0.717) is 19.7 Å². The molecule has 6 heteroatoms. The van der Waals surface area contributed by atoms with Gasteiger partial charge in [-0.05, 0) is 25.0 Å². The van der Waals surface area contributed by atoms with Crippen LogP contribution in [0, 0.1) is 0 Å². The van der Waals surface area contributed by atoms with Gasteiger partial charge in [0, 0.05) is 31.9 Å². The number of carbonyl (C=O) groups excluding carboxylic acids is 1. The molecule has 3 rings (SSSR count). The van der Waals surface area contributed by atoms with Crippen LogP contribution in [0.2, 0.25) is 0 Å². The smallest absolute Gasteiger partial charge is 0.248 e. The molecule has 21 heavy (non-hydrogen) atoms. The zero-order chi connectivity index (χ0) is 14.7. The summed E-state index contributed by atoms with van der Waals surface area (Å²) in [4.78, 5) is 17.5. The maximum atomic E-state index is 11.7. The summed E-state index contributed by atoms with van der Waals surface area (Å²) < 4.78 is 6.03. The Balaban J connectivity index is 1.61. The molecule has 114 valence electrons. The molecule has 2 fully saturated rings. The van der Waals surface area contributed by atoms with Gasteiger partial charge in [0.05, 0.1) is 23.9 Å². The number of pyridine rings is 1. The number of amides is 1. The molecule has 0 bridgehead atoms. The fourth-order valence-electron chi connectivity index (χ4n) is 3.32. The van der Waals surface area contributed by atoms with Gasteiger partial charge in [-0.25, -0.2) is 0 Å². The van der Waals surface area contributed by atoms with Gasteiger partial charge >= 0.3 is 0 Å². The predicted octanol–water partition coefficient (Wildman–Crippen LogP) is 0.636. The molecule has 0 unspecified atom stereocenters. The van der Waals surface area contributed by atoms with E-state index in [1.54, 1.807) is 17.3 Å². The highest BCUT2D eigenvalue weighted by atomic mass is 16.5. The zero-order valence-corrected chi connectivity index (χ0v) is 12.0. The first-order valence-electron chi connectivity index (χ1n) is 7.40. The monoisotopic (exact) mass is 291 g/mol. The summed E-state index contributed by atoms with van der Waals surface area (Å²) in [6, 6.07) is 4.12. The van der Waals surface area contributed by atoms with E-state index < -0.39 is 6.61 Å². The number of likely N-dealkylation sites (tertiary alicyclic amines) is 1. The average Bonchev–Trinajstić information content (AvgIpc) is 2.89. The molecule has 1 spiro atoms. The molecule has 1 amide bonds. The number of hydrogen-bond donors (Lipinski definition) is 2. The van der Waals surface area contributed by atoms with Crippen molar-refractivity contribution < 1.29 is 14.6 Å². The number of hydrogen-bond acceptors (Lipinski definition) is 5. The normalized spacial score (nSPS) is 28.8. The van der Waals surface area contributed by atoms with Crippen LogP contribution in [-0.2, 0) is 9.53 Å². The molecular weight excluding hydrogens is 270 g/mol. The third-order valence-corrected chi connectivity index (χ3v) is 4.27. The van der Waals surface area contributed by atoms with Gasteiger partial charge in [-0.2, -0.15) is 0 Å². The van der Waals surface area contributed by atoms with E-state index in [4.69, 9.17) is 9.84 Å². The Kier molecular flexibility index (Phi) is 4.07. The third-order valence-electron chi connectivity index (χ3n) is 4.27. The molecule has 0 radical (unpaired) electrons. The first-order valence-corrected chi connectivity index (χ1v) is 7.40. The van der Waals surface area contributed by atoms with E-state index in [9.17, 15) is 4.79 Å². The van der Waals surface area contributed by atoms with Crippen LogP contribution >= 0.6 is 0 Å². The zero-order valence-electron chi connectivity index (χ0n) is 12.0. The van der Waals surface area contributed by atoms with Crippen LogP contribution in [0.4, 0.5) is 5.69 Å². The molecule has 2 N–H and O–H groups in total. The van der Waals surface area contributed by atoms with Crippen LogP contribution in [0.15, 0.2) is 24.5 Å². The molecule has 2 atom stereocenters.